The Hall–Kier alpha value is -4.92. The highest BCUT2D eigenvalue weighted by atomic mass is 16.5. The van der Waals surface area contributed by atoms with Gasteiger partial charge in [0.25, 0.3) is 11.8 Å². The summed E-state index contributed by atoms with van der Waals surface area (Å²) in [5, 5.41) is 11.5. The fraction of sp³-hybridized carbons (Fsp3) is 0.333. The molecule has 9 nitrogen and oxygen atoms in total. The van der Waals surface area contributed by atoms with E-state index >= 15 is 0 Å². The number of para-hydroxylation sites is 1. The minimum atomic E-state index is -1.03. The fourth-order valence-electron chi connectivity index (χ4n) is 8.34. The summed E-state index contributed by atoms with van der Waals surface area (Å²) in [5.41, 5.74) is 2.91. The molecule has 4 amide bonds. The molecule has 4 aliphatic carbocycles. The quantitative estimate of drug-likeness (QED) is 0.234. The van der Waals surface area contributed by atoms with E-state index in [-0.39, 0.29) is 23.2 Å². The van der Waals surface area contributed by atoms with Crippen molar-refractivity contribution in [2.75, 3.05) is 12.0 Å². The van der Waals surface area contributed by atoms with E-state index in [1.807, 2.05) is 12.1 Å². The third-order valence-corrected chi connectivity index (χ3v) is 9.99. The largest absolute Gasteiger partial charge is 0.493 e. The number of barbiturate groups is 1. The first-order valence-electron chi connectivity index (χ1n) is 15.4. The van der Waals surface area contributed by atoms with Crippen LogP contribution in [0.3, 0.4) is 0 Å². The normalized spacial score (nSPS) is 26.2. The lowest BCUT2D eigenvalue weighted by Gasteiger charge is -2.57. The molecule has 230 valence electrons. The number of hydrogen-bond acceptors (Lipinski definition) is 6. The monoisotopic (exact) mass is 606 g/mol. The summed E-state index contributed by atoms with van der Waals surface area (Å²) in [6.45, 7) is 0.0806. The first-order valence-corrected chi connectivity index (χ1v) is 15.4. The maximum atomic E-state index is 13.7. The van der Waals surface area contributed by atoms with Gasteiger partial charge < -0.3 is 14.6 Å². The van der Waals surface area contributed by atoms with Crippen molar-refractivity contribution in [2.45, 2.75) is 50.5 Å². The first kappa shape index (κ1) is 28.8. The van der Waals surface area contributed by atoms with Crippen LogP contribution in [0.4, 0.5) is 10.5 Å². The fourth-order valence-corrected chi connectivity index (χ4v) is 8.34. The molecular weight excluding hydrogens is 572 g/mol. The van der Waals surface area contributed by atoms with Gasteiger partial charge in [0.05, 0.1) is 18.4 Å². The van der Waals surface area contributed by atoms with Gasteiger partial charge in [-0.15, -0.1) is 0 Å². The van der Waals surface area contributed by atoms with Gasteiger partial charge in [-0.05, 0) is 109 Å². The molecule has 5 aliphatic rings. The number of rotatable bonds is 8. The summed E-state index contributed by atoms with van der Waals surface area (Å²) in [6.07, 6.45) is 9.07. The molecule has 0 unspecified atom stereocenters. The van der Waals surface area contributed by atoms with Crippen LogP contribution in [0.15, 0.2) is 72.3 Å². The highest BCUT2D eigenvalue weighted by Crippen LogP contribution is 2.60. The molecule has 8 rings (SSSR count). The minimum Gasteiger partial charge on any atom is -0.493 e. The van der Waals surface area contributed by atoms with E-state index in [1.54, 1.807) is 30.3 Å². The Labute approximate surface area is 260 Å². The predicted molar refractivity (Wildman–Crippen MR) is 166 cm³/mol. The van der Waals surface area contributed by atoms with E-state index in [1.165, 1.54) is 69.4 Å². The predicted octanol–water partition coefficient (Wildman–Crippen LogP) is 6.11. The Balaban J connectivity index is 1.15. The second-order valence-electron chi connectivity index (χ2n) is 12.9. The van der Waals surface area contributed by atoms with Crippen molar-refractivity contribution in [3.05, 3.63) is 94.6 Å². The highest BCUT2D eigenvalue weighted by molar-refractivity contribution is 6.39. The van der Waals surface area contributed by atoms with Crippen molar-refractivity contribution in [3.8, 4) is 11.5 Å². The number of carboxylic acid groups (broad SMARTS) is 1. The number of anilines is 1. The SMILES string of the molecule is COc1cccc(/C=C2\C(=O)NC(=O)N(c3ccc(C45CC6CC(CC(C6)C4)C5)cc3)C2=O)c1OCc1ccc(C(=O)O)cc1. The molecule has 5 fully saturated rings. The number of imide groups is 2. The number of ether oxygens (including phenoxy) is 2. The van der Waals surface area contributed by atoms with Crippen LogP contribution < -0.4 is 19.7 Å². The van der Waals surface area contributed by atoms with Gasteiger partial charge in [0.15, 0.2) is 11.5 Å². The van der Waals surface area contributed by atoms with Gasteiger partial charge in [0, 0.05) is 5.56 Å². The Morgan fingerprint density at radius 1 is 0.933 bits per heavy atom. The zero-order valence-electron chi connectivity index (χ0n) is 25.0. The molecule has 3 aromatic rings. The maximum absolute atomic E-state index is 13.7. The zero-order valence-corrected chi connectivity index (χ0v) is 25.0. The number of carbonyl (C=O) groups is 4. The molecule has 0 atom stereocenters. The van der Waals surface area contributed by atoms with Crippen molar-refractivity contribution in [1.82, 2.24) is 5.32 Å². The summed E-state index contributed by atoms with van der Waals surface area (Å²) in [4.78, 5) is 51.9. The van der Waals surface area contributed by atoms with Crippen LogP contribution in [0.5, 0.6) is 11.5 Å². The summed E-state index contributed by atoms with van der Waals surface area (Å²) < 4.78 is 11.6. The van der Waals surface area contributed by atoms with Crippen molar-refractivity contribution >= 4 is 35.6 Å². The molecule has 3 aromatic carbocycles. The Kier molecular flexibility index (Phi) is 7.19. The molecule has 9 heteroatoms. The van der Waals surface area contributed by atoms with Gasteiger partial charge >= 0.3 is 12.0 Å². The number of carboxylic acids is 1. The van der Waals surface area contributed by atoms with Gasteiger partial charge in [-0.1, -0.05) is 36.4 Å². The number of urea groups is 1. The van der Waals surface area contributed by atoms with Gasteiger partial charge in [-0.25, -0.2) is 14.5 Å². The second-order valence-corrected chi connectivity index (χ2v) is 12.9. The Morgan fingerprint density at radius 2 is 1.58 bits per heavy atom. The molecule has 1 heterocycles. The van der Waals surface area contributed by atoms with Gasteiger partial charge in [-0.2, -0.15) is 0 Å². The van der Waals surface area contributed by atoms with Crippen LogP contribution in [0, 0.1) is 17.8 Å². The second kappa shape index (κ2) is 11.2. The number of hydrogen-bond donors (Lipinski definition) is 2. The van der Waals surface area contributed by atoms with E-state index < -0.39 is 23.8 Å². The lowest BCUT2D eigenvalue weighted by Crippen LogP contribution is -2.54. The van der Waals surface area contributed by atoms with Crippen LogP contribution in [-0.4, -0.2) is 36.0 Å². The number of nitrogens with one attached hydrogen (secondary N) is 1. The van der Waals surface area contributed by atoms with Crippen LogP contribution in [0.2, 0.25) is 0 Å². The lowest BCUT2D eigenvalue weighted by molar-refractivity contribution is -0.122. The average molecular weight is 607 g/mol. The third kappa shape index (κ3) is 5.26. The number of aromatic carboxylic acids is 1. The molecular formula is C36H34N2O7. The lowest BCUT2D eigenvalue weighted by atomic mass is 9.48. The summed E-state index contributed by atoms with van der Waals surface area (Å²) >= 11 is 0. The standard InChI is InChI=1S/C36H34N2O7/c1-44-30-4-2-3-26(31(30)45-20-21-5-7-25(8-6-21)34(41)42)16-29-32(39)37-35(43)38(33(29)40)28-11-9-27(10-12-28)36-17-22-13-23(18-36)15-24(14-22)19-36/h2-12,16,22-24H,13-15,17-20H2,1H3,(H,41,42)(H,37,39,43)/b29-16+. The van der Waals surface area contributed by atoms with Crippen LogP contribution in [0.1, 0.15) is 65.6 Å². The number of methoxy groups -OCH3 is 1. The van der Waals surface area contributed by atoms with Crippen molar-refractivity contribution < 1.29 is 33.8 Å². The number of carbonyl (C=O) groups excluding carboxylic acids is 3. The Morgan fingerprint density at radius 3 is 2.18 bits per heavy atom. The van der Waals surface area contributed by atoms with Crippen molar-refractivity contribution in [2.24, 2.45) is 17.8 Å². The molecule has 2 N–H and O–H groups in total. The molecule has 1 aliphatic heterocycles. The summed E-state index contributed by atoms with van der Waals surface area (Å²) in [6, 6.07) is 18.3. The molecule has 0 aromatic heterocycles. The Bertz CT molecular complexity index is 1690. The van der Waals surface area contributed by atoms with Crippen LogP contribution in [-0.2, 0) is 21.6 Å². The highest BCUT2D eigenvalue weighted by Gasteiger charge is 2.51. The number of benzene rings is 3. The first-order chi connectivity index (χ1) is 21.7. The van der Waals surface area contributed by atoms with E-state index in [0.29, 0.717) is 28.3 Å². The molecule has 0 spiro atoms. The topological polar surface area (TPSA) is 122 Å². The van der Waals surface area contributed by atoms with Crippen LogP contribution in [0.25, 0.3) is 6.08 Å². The molecule has 4 saturated carbocycles. The number of nitrogens with zero attached hydrogens (tertiary/aromatic N) is 1. The van der Waals surface area contributed by atoms with E-state index in [0.717, 1.165) is 22.7 Å². The summed E-state index contributed by atoms with van der Waals surface area (Å²) in [5.74, 6) is 0.504. The van der Waals surface area contributed by atoms with Gasteiger partial charge in [0.1, 0.15) is 12.2 Å². The zero-order chi connectivity index (χ0) is 31.3. The molecule has 1 saturated heterocycles. The van der Waals surface area contributed by atoms with Crippen LogP contribution >= 0.6 is 0 Å². The van der Waals surface area contributed by atoms with E-state index in [9.17, 15) is 19.2 Å². The molecule has 45 heavy (non-hydrogen) atoms. The smallest absolute Gasteiger partial charge is 0.335 e. The summed E-state index contributed by atoms with van der Waals surface area (Å²) in [7, 11) is 1.48. The molecule has 0 radical (unpaired) electrons. The average Bonchev–Trinajstić information content (AvgIpc) is 3.02. The third-order valence-electron chi connectivity index (χ3n) is 9.99. The van der Waals surface area contributed by atoms with E-state index in [4.69, 9.17) is 14.6 Å². The van der Waals surface area contributed by atoms with Crippen molar-refractivity contribution in [3.63, 3.8) is 0 Å². The minimum absolute atomic E-state index is 0.0806. The molecule has 4 bridgehead atoms. The number of amides is 4. The van der Waals surface area contributed by atoms with Gasteiger partial charge in [-0.3, -0.25) is 14.9 Å². The van der Waals surface area contributed by atoms with Crippen molar-refractivity contribution in [1.29, 1.82) is 0 Å². The maximum Gasteiger partial charge on any atom is 0.335 e. The van der Waals surface area contributed by atoms with E-state index in [2.05, 4.69) is 17.4 Å². The van der Waals surface area contributed by atoms with Gasteiger partial charge in [0.2, 0.25) is 0 Å².